The van der Waals surface area contributed by atoms with E-state index in [1.165, 1.54) is 7.11 Å². The third-order valence-electron chi connectivity index (χ3n) is 0.919. The monoisotopic (exact) mass is 169 g/mol. The fourth-order valence-corrected chi connectivity index (χ4v) is 0.516. The molecule has 0 rings (SSSR count). The van der Waals surface area contributed by atoms with Gasteiger partial charge in [-0.1, -0.05) is 0 Å². The Hall–Kier alpha value is -1.50. The summed E-state index contributed by atoms with van der Waals surface area (Å²) in [6.07, 6.45) is 0.830. The van der Waals surface area contributed by atoms with Crippen LogP contribution < -0.4 is 0 Å². The number of hydrogen-bond donors (Lipinski definition) is 0. The molecule has 0 atom stereocenters. The van der Waals surface area contributed by atoms with Gasteiger partial charge in [-0.15, -0.1) is 0 Å². The van der Waals surface area contributed by atoms with E-state index in [2.05, 4.69) is 4.74 Å². The van der Waals surface area contributed by atoms with Gasteiger partial charge < -0.3 is 9.47 Å². The van der Waals surface area contributed by atoms with Crippen molar-refractivity contribution in [3.8, 4) is 6.07 Å². The summed E-state index contributed by atoms with van der Waals surface area (Å²) >= 11 is 0. The van der Waals surface area contributed by atoms with Crippen LogP contribution in [0.1, 0.15) is 13.8 Å². The molecule has 0 heterocycles. The summed E-state index contributed by atoms with van der Waals surface area (Å²) in [5.74, 6) is -0.658. The van der Waals surface area contributed by atoms with Crippen LogP contribution in [0.2, 0.25) is 0 Å². The van der Waals surface area contributed by atoms with Gasteiger partial charge in [-0.25, -0.2) is 4.79 Å². The summed E-state index contributed by atoms with van der Waals surface area (Å²) in [6, 6.07) is 1.67. The smallest absolute Gasteiger partial charge is 0.352 e. The van der Waals surface area contributed by atoms with Gasteiger partial charge in [-0.2, -0.15) is 5.26 Å². The van der Waals surface area contributed by atoms with Crippen molar-refractivity contribution in [1.29, 1.82) is 5.26 Å². The molecular weight excluding hydrogens is 158 g/mol. The molecule has 0 aliphatic heterocycles. The topological polar surface area (TPSA) is 59.3 Å². The van der Waals surface area contributed by atoms with Crippen LogP contribution in [-0.4, -0.2) is 19.2 Å². The molecule has 0 aliphatic rings. The van der Waals surface area contributed by atoms with Crippen LogP contribution in [0.3, 0.4) is 0 Å². The van der Waals surface area contributed by atoms with Crippen molar-refractivity contribution in [1.82, 2.24) is 0 Å². The van der Waals surface area contributed by atoms with Gasteiger partial charge in [0.25, 0.3) is 0 Å². The predicted octanol–water partition coefficient (Wildman–Crippen LogP) is 0.992. The van der Waals surface area contributed by atoms with Crippen molar-refractivity contribution >= 4 is 5.97 Å². The highest BCUT2D eigenvalue weighted by atomic mass is 16.5. The molecule has 0 aromatic heterocycles. The lowest BCUT2D eigenvalue weighted by molar-refractivity contribution is -0.142. The minimum atomic E-state index is -0.658. The van der Waals surface area contributed by atoms with Crippen molar-refractivity contribution in [3.63, 3.8) is 0 Å². The maximum Gasteiger partial charge on any atom is 0.352 e. The average molecular weight is 169 g/mol. The van der Waals surface area contributed by atoms with Crippen molar-refractivity contribution in [2.24, 2.45) is 0 Å². The van der Waals surface area contributed by atoms with Gasteiger partial charge in [-0.05, 0) is 13.8 Å². The molecule has 0 N–H and O–H groups in total. The number of carbonyl (C=O) groups is 1. The number of nitrogens with zero attached hydrogens (tertiary/aromatic N) is 1. The molecule has 66 valence electrons. The number of rotatable bonds is 3. The number of nitriles is 1. The molecule has 0 unspecified atom stereocenters. The highest BCUT2D eigenvalue weighted by Crippen LogP contribution is 1.99. The third-order valence-corrected chi connectivity index (χ3v) is 0.919. The third kappa shape index (κ3) is 3.62. The molecule has 4 heteroatoms. The Kier molecular flexibility index (Phi) is 4.54. The van der Waals surface area contributed by atoms with Gasteiger partial charge in [0, 0.05) is 0 Å². The van der Waals surface area contributed by atoms with Crippen molar-refractivity contribution < 1.29 is 14.3 Å². The van der Waals surface area contributed by atoms with Crippen molar-refractivity contribution in [2.45, 2.75) is 20.0 Å². The summed E-state index contributed by atoms with van der Waals surface area (Å²) < 4.78 is 9.26. The van der Waals surface area contributed by atoms with E-state index in [1.54, 1.807) is 19.9 Å². The highest BCUT2D eigenvalue weighted by Gasteiger charge is 2.11. The van der Waals surface area contributed by atoms with Gasteiger partial charge in [0.05, 0.1) is 13.2 Å². The van der Waals surface area contributed by atoms with Crippen LogP contribution >= 0.6 is 0 Å². The van der Waals surface area contributed by atoms with E-state index in [1.807, 2.05) is 0 Å². The minimum Gasteiger partial charge on any atom is -0.503 e. The Morgan fingerprint density at radius 2 is 2.17 bits per heavy atom. The number of methoxy groups -OCH3 is 1. The average Bonchev–Trinajstić information content (AvgIpc) is 1.98. The molecule has 0 aliphatic carbocycles. The second kappa shape index (κ2) is 5.19. The van der Waals surface area contributed by atoms with Crippen molar-refractivity contribution in [2.75, 3.05) is 7.11 Å². The van der Waals surface area contributed by atoms with Crippen LogP contribution in [0.4, 0.5) is 0 Å². The summed E-state index contributed by atoms with van der Waals surface area (Å²) in [6.45, 7) is 3.42. The van der Waals surface area contributed by atoms with Gasteiger partial charge in [0.1, 0.15) is 12.3 Å². The lowest BCUT2D eigenvalue weighted by Crippen LogP contribution is -2.12. The zero-order chi connectivity index (χ0) is 9.56. The highest BCUT2D eigenvalue weighted by molar-refractivity contribution is 5.92. The molecule has 0 amide bonds. The van der Waals surface area contributed by atoms with Crippen LogP contribution in [0.15, 0.2) is 11.8 Å². The van der Waals surface area contributed by atoms with Gasteiger partial charge in [-0.3, -0.25) is 0 Å². The molecule has 0 aromatic carbocycles. The number of ether oxygens (including phenoxy) is 2. The Morgan fingerprint density at radius 3 is 2.50 bits per heavy atom. The largest absolute Gasteiger partial charge is 0.503 e. The Labute approximate surface area is 71.4 Å². The summed E-state index contributed by atoms with van der Waals surface area (Å²) in [5, 5.41) is 8.44. The predicted molar refractivity (Wildman–Crippen MR) is 41.9 cm³/mol. The second-order valence-electron chi connectivity index (χ2n) is 2.33. The maximum atomic E-state index is 11.0. The van der Waals surface area contributed by atoms with Gasteiger partial charge >= 0.3 is 5.97 Å². The zero-order valence-electron chi connectivity index (χ0n) is 7.33. The Morgan fingerprint density at radius 1 is 1.58 bits per heavy atom. The van der Waals surface area contributed by atoms with Crippen molar-refractivity contribution in [3.05, 3.63) is 11.8 Å². The van der Waals surface area contributed by atoms with E-state index in [-0.39, 0.29) is 11.7 Å². The first-order chi connectivity index (χ1) is 5.61. The maximum absolute atomic E-state index is 11.0. The lowest BCUT2D eigenvalue weighted by atomic mass is 10.3. The Bertz CT molecular complexity index is 225. The minimum absolute atomic E-state index is 0.133. The first kappa shape index (κ1) is 10.5. The van der Waals surface area contributed by atoms with Crippen LogP contribution in [0, 0.1) is 11.3 Å². The first-order valence-corrected chi connectivity index (χ1v) is 3.45. The normalized spacial score (nSPS) is 10.8. The molecule has 12 heavy (non-hydrogen) atoms. The molecule has 0 saturated heterocycles. The van der Waals surface area contributed by atoms with E-state index in [4.69, 9.17) is 10.00 Å². The summed E-state index contributed by atoms with van der Waals surface area (Å²) in [5.41, 5.74) is -0.133. The molecular formula is C8H11NO3. The summed E-state index contributed by atoms with van der Waals surface area (Å²) in [7, 11) is 1.36. The summed E-state index contributed by atoms with van der Waals surface area (Å²) in [4.78, 5) is 11.0. The lowest BCUT2D eigenvalue weighted by Gasteiger charge is -2.05. The van der Waals surface area contributed by atoms with E-state index in [9.17, 15) is 4.79 Å². The fraction of sp³-hybridized carbons (Fsp3) is 0.500. The number of carbonyl (C=O) groups excluding carboxylic acids is 1. The van der Waals surface area contributed by atoms with Crippen LogP contribution in [-0.2, 0) is 14.3 Å². The van der Waals surface area contributed by atoms with E-state index < -0.39 is 5.97 Å². The molecule has 0 spiro atoms. The zero-order valence-corrected chi connectivity index (χ0v) is 7.33. The molecule has 0 radical (unpaired) electrons. The standard InChI is InChI=1S/C8H11NO3/c1-6(2)12-8(10)7(4-9)5-11-3/h5-6H,1-3H3/b7-5-. The van der Waals surface area contributed by atoms with Crippen LogP contribution in [0.25, 0.3) is 0 Å². The molecule has 0 saturated carbocycles. The van der Waals surface area contributed by atoms with E-state index in [0.29, 0.717) is 0 Å². The number of esters is 1. The van der Waals surface area contributed by atoms with Gasteiger partial charge in [0.15, 0.2) is 5.57 Å². The first-order valence-electron chi connectivity index (χ1n) is 3.45. The fourth-order valence-electron chi connectivity index (χ4n) is 0.516. The van der Waals surface area contributed by atoms with Crippen LogP contribution in [0.5, 0.6) is 0 Å². The SMILES string of the molecule is CO/C=C(/C#N)C(=O)OC(C)C. The Balaban J connectivity index is 4.26. The molecule has 4 nitrogen and oxygen atoms in total. The number of hydrogen-bond acceptors (Lipinski definition) is 4. The molecule has 0 bridgehead atoms. The molecule has 0 aromatic rings. The molecule has 0 fully saturated rings. The second-order valence-corrected chi connectivity index (χ2v) is 2.33. The van der Waals surface area contributed by atoms with E-state index >= 15 is 0 Å². The van der Waals surface area contributed by atoms with E-state index in [0.717, 1.165) is 6.26 Å². The van der Waals surface area contributed by atoms with Gasteiger partial charge in [0.2, 0.25) is 0 Å². The quantitative estimate of drug-likeness (QED) is 0.273.